The number of methoxy groups -OCH3 is 4. The number of carbonyl (C=O) groups is 4. The Bertz CT molecular complexity index is 1470. The standard InChI is InChI=1S/C15H15NO4.C9H9IO3.C6H7NO.C5H13N/c1-19-13-8-11(5-6-12(13)15(18)20-2)16-10-4-3-9(7-10)14(16)17;1-12-8-5-6(10)3-4-7(8)9(11)13-2;8-6-4-1-2-5(3-4)7-6;1-3-4-5-6-2/h3-6,8-10H,7H2,1-2H3;3-5H,1-2H3;1-2,4-5H,3H2,(H,7,8);6H,3-5H2,1-2H3/t9-,10+;;4-,5+;/m1.1./s1. The highest BCUT2D eigenvalue weighted by molar-refractivity contribution is 14.1. The van der Waals surface area contributed by atoms with Crippen molar-refractivity contribution in [2.45, 2.75) is 44.7 Å². The van der Waals surface area contributed by atoms with Gasteiger partial charge in [-0.15, -0.1) is 0 Å². The van der Waals surface area contributed by atoms with Gasteiger partial charge < -0.3 is 34.5 Å². The van der Waals surface area contributed by atoms with Gasteiger partial charge in [0.25, 0.3) is 0 Å². The number of rotatable bonds is 8. The summed E-state index contributed by atoms with van der Waals surface area (Å²) < 4.78 is 20.6. The van der Waals surface area contributed by atoms with Gasteiger partial charge in [0.05, 0.1) is 46.3 Å². The Hall–Kier alpha value is -3.91. The second kappa shape index (κ2) is 18.4. The maximum atomic E-state index is 12.2. The van der Waals surface area contributed by atoms with E-state index in [-0.39, 0.29) is 35.7 Å². The molecule has 4 atom stereocenters. The van der Waals surface area contributed by atoms with Crippen molar-refractivity contribution in [3.05, 3.63) is 75.4 Å². The fourth-order valence-corrected chi connectivity index (χ4v) is 5.87. The minimum atomic E-state index is -0.456. The van der Waals surface area contributed by atoms with Crippen LogP contribution in [0.3, 0.4) is 0 Å². The molecule has 0 spiro atoms. The number of fused-ring (bicyclic) bond motifs is 4. The Balaban J connectivity index is 0.000000190. The smallest absolute Gasteiger partial charge is 0.341 e. The van der Waals surface area contributed by atoms with E-state index in [1.54, 1.807) is 35.2 Å². The Morgan fingerprint density at radius 1 is 0.872 bits per heavy atom. The lowest BCUT2D eigenvalue weighted by Gasteiger charge is -2.25. The first-order chi connectivity index (χ1) is 22.6. The normalized spacial score (nSPS) is 20.6. The number of nitrogens with zero attached hydrogens (tertiary/aromatic N) is 1. The number of ether oxygens (including phenoxy) is 4. The van der Waals surface area contributed by atoms with Gasteiger partial charge in [-0.1, -0.05) is 37.6 Å². The topological polar surface area (TPSA) is 133 Å². The van der Waals surface area contributed by atoms with E-state index in [4.69, 9.17) is 14.2 Å². The van der Waals surface area contributed by atoms with E-state index in [1.165, 1.54) is 41.3 Å². The monoisotopic (exact) mass is 761 g/mol. The summed E-state index contributed by atoms with van der Waals surface area (Å²) in [6.45, 7) is 3.36. The van der Waals surface area contributed by atoms with Gasteiger partial charge in [-0.2, -0.15) is 0 Å². The molecule has 2 amide bonds. The zero-order chi connectivity index (χ0) is 34.5. The van der Waals surface area contributed by atoms with E-state index in [0.29, 0.717) is 28.7 Å². The molecule has 0 aromatic heterocycles. The molecule has 0 radical (unpaired) electrons. The molecular weight excluding hydrogens is 717 g/mol. The molecular formula is C35H44IN3O8. The average Bonchev–Trinajstić information content (AvgIpc) is 3.90. The first-order valence-corrected chi connectivity index (χ1v) is 16.5. The van der Waals surface area contributed by atoms with Gasteiger partial charge in [-0.3, -0.25) is 9.59 Å². The van der Waals surface area contributed by atoms with Crippen LogP contribution >= 0.6 is 22.6 Å². The molecule has 2 N–H and O–H groups in total. The Morgan fingerprint density at radius 3 is 1.91 bits per heavy atom. The van der Waals surface area contributed by atoms with Crippen molar-refractivity contribution >= 4 is 52.0 Å². The van der Waals surface area contributed by atoms with Gasteiger partial charge >= 0.3 is 11.9 Å². The largest absolute Gasteiger partial charge is 0.496 e. The predicted octanol–water partition coefficient (Wildman–Crippen LogP) is 4.93. The second-order valence-corrected chi connectivity index (χ2v) is 12.3. The van der Waals surface area contributed by atoms with E-state index in [0.717, 1.165) is 28.6 Å². The second-order valence-electron chi connectivity index (χ2n) is 11.0. The van der Waals surface area contributed by atoms with Crippen LogP contribution in [-0.4, -0.2) is 77.9 Å². The number of nitrogens with one attached hydrogen (secondary N) is 2. The Kier molecular flexibility index (Phi) is 14.7. The van der Waals surface area contributed by atoms with Crippen LogP contribution in [0.2, 0.25) is 0 Å². The first-order valence-electron chi connectivity index (χ1n) is 15.4. The molecule has 4 bridgehead atoms. The average molecular weight is 762 g/mol. The molecule has 4 aliphatic rings. The number of amides is 2. The lowest BCUT2D eigenvalue weighted by molar-refractivity contribution is -0.121. The number of hydrogen-bond acceptors (Lipinski definition) is 9. The first kappa shape index (κ1) is 37.5. The van der Waals surface area contributed by atoms with Gasteiger partial charge in [0, 0.05) is 21.4 Å². The van der Waals surface area contributed by atoms with Crippen LogP contribution in [0.5, 0.6) is 11.5 Å². The molecule has 2 aliphatic carbocycles. The zero-order valence-corrected chi connectivity index (χ0v) is 29.9. The maximum Gasteiger partial charge on any atom is 0.341 e. The lowest BCUT2D eigenvalue weighted by atomic mass is 10.1. The van der Waals surface area contributed by atoms with E-state index in [1.807, 2.05) is 31.3 Å². The SMILES string of the molecule is CCCCNC.COC(=O)c1ccc(I)cc1OC.COC(=O)c1ccc(N2C(=O)[C@@H]3C=C[C@H]2C3)cc1OC.O=C1N[C@H]2C=C[C@@H]1C2. The summed E-state index contributed by atoms with van der Waals surface area (Å²) in [7, 11) is 7.67. The molecule has 2 aromatic carbocycles. The lowest BCUT2D eigenvalue weighted by Crippen LogP contribution is -2.34. The summed E-state index contributed by atoms with van der Waals surface area (Å²) in [6, 6.07) is 10.9. The number of unbranched alkanes of at least 4 members (excludes halogenated alkanes) is 1. The van der Waals surface area contributed by atoms with Crippen LogP contribution in [0.1, 0.15) is 53.3 Å². The van der Waals surface area contributed by atoms with E-state index in [9.17, 15) is 19.2 Å². The highest BCUT2D eigenvalue weighted by Gasteiger charge is 2.42. The van der Waals surface area contributed by atoms with Crippen molar-refractivity contribution in [1.82, 2.24) is 10.6 Å². The number of esters is 2. The number of anilines is 1. The van der Waals surface area contributed by atoms with Crippen molar-refractivity contribution in [2.75, 3.05) is 46.9 Å². The summed E-state index contributed by atoms with van der Waals surface area (Å²) in [4.78, 5) is 47.4. The third kappa shape index (κ3) is 9.80. The fourth-order valence-electron chi connectivity index (χ4n) is 5.41. The Morgan fingerprint density at radius 2 is 1.49 bits per heavy atom. The van der Waals surface area contributed by atoms with Gasteiger partial charge in [-0.05, 0) is 85.8 Å². The molecule has 2 heterocycles. The Labute approximate surface area is 290 Å². The van der Waals surface area contributed by atoms with Gasteiger partial charge in [0.1, 0.15) is 22.6 Å². The summed E-state index contributed by atoms with van der Waals surface area (Å²) >= 11 is 2.15. The summed E-state index contributed by atoms with van der Waals surface area (Å²) in [6.07, 6.45) is 12.5. The predicted molar refractivity (Wildman–Crippen MR) is 188 cm³/mol. The van der Waals surface area contributed by atoms with Crippen LogP contribution in [0, 0.1) is 15.4 Å². The molecule has 6 rings (SSSR count). The molecule has 2 aliphatic heterocycles. The van der Waals surface area contributed by atoms with Crippen LogP contribution in [0.4, 0.5) is 5.69 Å². The molecule has 11 nitrogen and oxygen atoms in total. The highest BCUT2D eigenvalue weighted by Crippen LogP contribution is 2.38. The van der Waals surface area contributed by atoms with Crippen LogP contribution in [0.25, 0.3) is 0 Å². The van der Waals surface area contributed by atoms with Crippen molar-refractivity contribution in [3.63, 3.8) is 0 Å². The summed E-state index contributed by atoms with van der Waals surface area (Å²) in [5.41, 5.74) is 1.55. The van der Waals surface area contributed by atoms with Crippen LogP contribution in [-0.2, 0) is 19.1 Å². The minimum Gasteiger partial charge on any atom is -0.496 e. The van der Waals surface area contributed by atoms with E-state index >= 15 is 0 Å². The number of halogens is 1. The molecule has 2 saturated heterocycles. The molecule has 254 valence electrons. The third-order valence-corrected chi connectivity index (χ3v) is 8.58. The zero-order valence-electron chi connectivity index (χ0n) is 27.7. The van der Waals surface area contributed by atoms with Crippen molar-refractivity contribution in [1.29, 1.82) is 0 Å². The van der Waals surface area contributed by atoms with E-state index in [2.05, 4.69) is 51.0 Å². The van der Waals surface area contributed by atoms with Crippen molar-refractivity contribution in [2.24, 2.45) is 11.8 Å². The van der Waals surface area contributed by atoms with Gasteiger partial charge in [0.15, 0.2) is 0 Å². The maximum absolute atomic E-state index is 12.2. The highest BCUT2D eigenvalue weighted by atomic mass is 127. The number of hydrogen-bond donors (Lipinski definition) is 2. The van der Waals surface area contributed by atoms with Gasteiger partial charge in [-0.25, -0.2) is 9.59 Å². The number of benzene rings is 2. The molecule has 12 heteroatoms. The van der Waals surface area contributed by atoms with Crippen LogP contribution < -0.4 is 25.0 Å². The molecule has 0 unspecified atom stereocenters. The molecule has 2 aromatic rings. The molecule has 0 saturated carbocycles. The number of carbonyl (C=O) groups excluding carboxylic acids is 4. The fraction of sp³-hybridized carbons (Fsp3) is 0.429. The van der Waals surface area contributed by atoms with Crippen molar-refractivity contribution < 1.29 is 38.1 Å². The van der Waals surface area contributed by atoms with Gasteiger partial charge in [0.2, 0.25) is 11.8 Å². The van der Waals surface area contributed by atoms with Crippen molar-refractivity contribution in [3.8, 4) is 11.5 Å². The molecule has 47 heavy (non-hydrogen) atoms. The van der Waals surface area contributed by atoms with E-state index < -0.39 is 5.97 Å². The summed E-state index contributed by atoms with van der Waals surface area (Å²) in [5, 5.41) is 5.90. The minimum absolute atomic E-state index is 0.00808. The third-order valence-electron chi connectivity index (χ3n) is 7.91. The van der Waals surface area contributed by atoms with Crippen LogP contribution in [0.15, 0.2) is 60.7 Å². The quantitative estimate of drug-likeness (QED) is 0.167. The molecule has 2 fully saturated rings. The summed E-state index contributed by atoms with van der Waals surface area (Å²) in [5.74, 6) is 0.623.